The highest BCUT2D eigenvalue weighted by Gasteiger charge is 2.15. The predicted molar refractivity (Wildman–Crippen MR) is 104 cm³/mol. The number of imidazole rings is 1. The lowest BCUT2D eigenvalue weighted by molar-refractivity contribution is 0.130. The highest BCUT2D eigenvalue weighted by atomic mass is 35.5. The Balaban J connectivity index is 1.60. The molecule has 4 nitrogen and oxygen atoms in total. The third-order valence-corrected chi connectivity index (χ3v) is 5.57. The van der Waals surface area contributed by atoms with Crippen LogP contribution >= 0.6 is 22.9 Å². The molecule has 0 N–H and O–H groups in total. The van der Waals surface area contributed by atoms with Crippen LogP contribution in [-0.4, -0.2) is 15.1 Å². The van der Waals surface area contributed by atoms with Gasteiger partial charge in [-0.1, -0.05) is 52.4 Å². The van der Waals surface area contributed by atoms with Crippen molar-refractivity contribution in [1.29, 1.82) is 0 Å². The molecule has 0 spiro atoms. The van der Waals surface area contributed by atoms with Gasteiger partial charge < -0.3 is 4.84 Å². The molecule has 0 aliphatic heterocycles. The van der Waals surface area contributed by atoms with E-state index in [0.29, 0.717) is 11.6 Å². The van der Waals surface area contributed by atoms with E-state index in [-0.39, 0.29) is 0 Å². The van der Waals surface area contributed by atoms with E-state index in [1.165, 1.54) is 0 Å². The lowest BCUT2D eigenvalue weighted by Crippen LogP contribution is -1.98. The molecule has 25 heavy (non-hydrogen) atoms. The monoisotopic (exact) mass is 369 g/mol. The molecule has 2 heterocycles. The Morgan fingerprint density at radius 3 is 2.76 bits per heavy atom. The summed E-state index contributed by atoms with van der Waals surface area (Å²) in [5, 5.41) is 5.00. The van der Waals surface area contributed by atoms with Gasteiger partial charge in [-0.3, -0.25) is 4.40 Å². The number of thiazole rings is 1. The Hall–Kier alpha value is -2.37. The lowest BCUT2D eigenvalue weighted by atomic mass is 10.2. The number of fused-ring (bicyclic) bond motifs is 3. The molecule has 4 aromatic rings. The fraction of sp³-hybridized carbons (Fsp3) is 0.158. The smallest absolute Gasteiger partial charge is 0.195 e. The Morgan fingerprint density at radius 1 is 1.20 bits per heavy atom. The van der Waals surface area contributed by atoms with Crippen molar-refractivity contribution in [2.45, 2.75) is 20.5 Å². The summed E-state index contributed by atoms with van der Waals surface area (Å²) in [7, 11) is 0. The van der Waals surface area contributed by atoms with Crippen molar-refractivity contribution in [3.05, 3.63) is 69.7 Å². The molecule has 0 saturated carbocycles. The molecule has 2 aromatic carbocycles. The van der Waals surface area contributed by atoms with E-state index < -0.39 is 0 Å². The third-order valence-electron chi connectivity index (χ3n) is 4.06. The molecular formula is C19H16ClN3OS. The van der Waals surface area contributed by atoms with E-state index in [2.05, 4.69) is 27.5 Å². The zero-order chi connectivity index (χ0) is 17.4. The van der Waals surface area contributed by atoms with Gasteiger partial charge in [-0.15, -0.1) is 0 Å². The lowest BCUT2D eigenvalue weighted by Gasteiger charge is -2.03. The minimum absolute atomic E-state index is 0.416. The summed E-state index contributed by atoms with van der Waals surface area (Å²) in [5.74, 6) is 0. The van der Waals surface area contributed by atoms with Crippen LogP contribution in [-0.2, 0) is 11.4 Å². The van der Waals surface area contributed by atoms with Gasteiger partial charge in [0, 0.05) is 10.7 Å². The molecule has 0 aliphatic rings. The van der Waals surface area contributed by atoms with Gasteiger partial charge in [0.2, 0.25) is 0 Å². The van der Waals surface area contributed by atoms with Crippen LogP contribution in [0, 0.1) is 6.92 Å². The van der Waals surface area contributed by atoms with Crippen molar-refractivity contribution in [2.75, 3.05) is 0 Å². The van der Waals surface area contributed by atoms with Crippen molar-refractivity contribution >= 4 is 44.6 Å². The molecule has 0 saturated heterocycles. The van der Waals surface area contributed by atoms with Gasteiger partial charge in [-0.25, -0.2) is 4.98 Å². The first-order chi connectivity index (χ1) is 12.1. The molecular weight excluding hydrogens is 354 g/mol. The van der Waals surface area contributed by atoms with E-state index in [4.69, 9.17) is 16.4 Å². The first kappa shape index (κ1) is 16.1. The van der Waals surface area contributed by atoms with E-state index in [1.54, 1.807) is 11.3 Å². The van der Waals surface area contributed by atoms with Crippen LogP contribution in [0.5, 0.6) is 0 Å². The van der Waals surface area contributed by atoms with Crippen LogP contribution < -0.4 is 0 Å². The van der Waals surface area contributed by atoms with Crippen LogP contribution in [0.3, 0.4) is 0 Å². The molecule has 0 radical (unpaired) electrons. The van der Waals surface area contributed by atoms with Crippen LogP contribution in [0.15, 0.2) is 53.7 Å². The zero-order valence-corrected chi connectivity index (χ0v) is 15.4. The second-order valence-electron chi connectivity index (χ2n) is 5.81. The van der Waals surface area contributed by atoms with E-state index in [9.17, 15) is 0 Å². The van der Waals surface area contributed by atoms with Crippen LogP contribution in [0.2, 0.25) is 5.02 Å². The van der Waals surface area contributed by atoms with Crippen molar-refractivity contribution in [2.24, 2.45) is 5.16 Å². The Kier molecular flexibility index (Phi) is 4.19. The maximum Gasteiger partial charge on any atom is 0.195 e. The highest BCUT2D eigenvalue weighted by molar-refractivity contribution is 7.19. The number of para-hydroxylation sites is 2. The number of aryl methyl sites for hydroxylation is 1. The molecule has 0 fully saturated rings. The summed E-state index contributed by atoms with van der Waals surface area (Å²) < 4.78 is 2.17. The molecule has 0 amide bonds. The highest BCUT2D eigenvalue weighted by Crippen LogP contribution is 2.28. The van der Waals surface area contributed by atoms with Crippen molar-refractivity contribution in [3.63, 3.8) is 0 Å². The minimum Gasteiger partial charge on any atom is -0.391 e. The number of halogens is 1. The zero-order valence-electron chi connectivity index (χ0n) is 13.9. The fourth-order valence-electron chi connectivity index (χ4n) is 2.82. The average Bonchev–Trinajstić information content (AvgIpc) is 3.13. The minimum atomic E-state index is 0.416. The number of benzene rings is 2. The van der Waals surface area contributed by atoms with Crippen LogP contribution in [0.1, 0.15) is 23.1 Å². The fourth-order valence-corrected chi connectivity index (χ4v) is 4.03. The summed E-state index contributed by atoms with van der Waals surface area (Å²) in [6.45, 7) is 4.46. The molecule has 2 aromatic heterocycles. The number of hydrogen-bond donors (Lipinski definition) is 0. The Labute approximate surface area is 154 Å². The van der Waals surface area contributed by atoms with Gasteiger partial charge in [-0.2, -0.15) is 0 Å². The van der Waals surface area contributed by atoms with E-state index in [1.807, 2.05) is 49.4 Å². The SMILES string of the molecule is C/C(=N/OCc1ccc(Cl)cc1)c1sc2nc3ccccc3n2c1C. The number of aromatic nitrogens is 2. The normalized spacial score (nSPS) is 12.2. The summed E-state index contributed by atoms with van der Waals surface area (Å²) >= 11 is 7.52. The summed E-state index contributed by atoms with van der Waals surface area (Å²) in [6, 6.07) is 15.7. The van der Waals surface area contributed by atoms with Gasteiger partial charge in [-0.05, 0) is 43.7 Å². The number of nitrogens with zero attached hydrogens (tertiary/aromatic N) is 3. The van der Waals surface area contributed by atoms with Gasteiger partial charge in [0.15, 0.2) is 4.96 Å². The number of oxime groups is 1. The standard InChI is InChI=1S/C19H16ClN3OS/c1-12(22-24-11-14-7-9-15(20)10-8-14)18-13(2)23-17-6-4-3-5-16(17)21-19(23)25-18/h3-10H,11H2,1-2H3/b22-12-. The molecule has 4 rings (SSSR count). The largest absolute Gasteiger partial charge is 0.391 e. The second-order valence-corrected chi connectivity index (χ2v) is 7.23. The quantitative estimate of drug-likeness (QED) is 0.354. The third kappa shape index (κ3) is 3.01. The molecule has 0 bridgehead atoms. The van der Waals surface area contributed by atoms with Crippen molar-refractivity contribution in [3.8, 4) is 0 Å². The molecule has 6 heteroatoms. The van der Waals surface area contributed by atoms with Gasteiger partial charge in [0.05, 0.1) is 21.6 Å². The van der Waals surface area contributed by atoms with Gasteiger partial charge in [0.25, 0.3) is 0 Å². The Bertz CT molecular complexity index is 1080. The first-order valence-electron chi connectivity index (χ1n) is 7.91. The van der Waals surface area contributed by atoms with Crippen molar-refractivity contribution < 1.29 is 4.84 Å². The average molecular weight is 370 g/mol. The summed E-state index contributed by atoms with van der Waals surface area (Å²) in [6.07, 6.45) is 0. The summed E-state index contributed by atoms with van der Waals surface area (Å²) in [5.41, 5.74) is 5.14. The maximum atomic E-state index is 5.89. The molecule has 126 valence electrons. The number of rotatable bonds is 4. The maximum absolute atomic E-state index is 5.89. The van der Waals surface area contributed by atoms with Crippen LogP contribution in [0.25, 0.3) is 16.0 Å². The Morgan fingerprint density at radius 2 is 1.96 bits per heavy atom. The van der Waals surface area contributed by atoms with E-state index >= 15 is 0 Å². The van der Waals surface area contributed by atoms with Gasteiger partial charge >= 0.3 is 0 Å². The second kappa shape index (κ2) is 6.50. The molecule has 0 aliphatic carbocycles. The molecule has 0 unspecified atom stereocenters. The van der Waals surface area contributed by atoms with Crippen molar-refractivity contribution in [1.82, 2.24) is 9.38 Å². The molecule has 0 atom stereocenters. The van der Waals surface area contributed by atoms with E-state index in [0.717, 1.165) is 37.8 Å². The topological polar surface area (TPSA) is 38.9 Å². The predicted octanol–water partition coefficient (Wildman–Crippen LogP) is 5.45. The number of hydrogen-bond acceptors (Lipinski definition) is 4. The van der Waals surface area contributed by atoms with Crippen LogP contribution in [0.4, 0.5) is 0 Å². The van der Waals surface area contributed by atoms with Gasteiger partial charge in [0.1, 0.15) is 6.61 Å². The first-order valence-corrected chi connectivity index (χ1v) is 9.11. The summed E-state index contributed by atoms with van der Waals surface area (Å²) in [4.78, 5) is 12.3.